The third-order valence-electron chi connectivity index (χ3n) is 3.91. The van der Waals surface area contributed by atoms with Crippen LogP contribution in [0.4, 0.5) is 4.39 Å². The molecule has 2 N–H and O–H groups in total. The molecule has 20 heavy (non-hydrogen) atoms. The highest BCUT2D eigenvalue weighted by atomic mass is 19.1. The molecule has 0 amide bonds. The number of halogens is 1. The van der Waals surface area contributed by atoms with Crippen LogP contribution in [-0.4, -0.2) is 32.8 Å². The van der Waals surface area contributed by atoms with Gasteiger partial charge in [-0.15, -0.1) is 10.2 Å². The SMILES string of the molecule is Cc1ccc(C(CN)N2CCn3cnnc3C2)cc1F. The molecule has 6 heteroatoms. The lowest BCUT2D eigenvalue weighted by Gasteiger charge is -2.34. The van der Waals surface area contributed by atoms with Crippen molar-refractivity contribution in [1.82, 2.24) is 19.7 Å². The van der Waals surface area contributed by atoms with Crippen molar-refractivity contribution in [3.63, 3.8) is 0 Å². The maximum atomic E-state index is 13.7. The fourth-order valence-corrected chi connectivity index (χ4v) is 2.66. The molecule has 0 spiro atoms. The van der Waals surface area contributed by atoms with Crippen molar-refractivity contribution in [2.75, 3.05) is 13.1 Å². The smallest absolute Gasteiger partial charge is 0.147 e. The Labute approximate surface area is 117 Å². The summed E-state index contributed by atoms with van der Waals surface area (Å²) in [6.07, 6.45) is 1.75. The summed E-state index contributed by atoms with van der Waals surface area (Å²) in [4.78, 5) is 2.23. The van der Waals surface area contributed by atoms with E-state index in [-0.39, 0.29) is 11.9 Å². The van der Waals surface area contributed by atoms with Crippen molar-refractivity contribution in [2.45, 2.75) is 26.1 Å². The Balaban J connectivity index is 1.85. The first kappa shape index (κ1) is 13.2. The maximum Gasteiger partial charge on any atom is 0.147 e. The number of fused-ring (bicyclic) bond motifs is 1. The molecule has 0 radical (unpaired) electrons. The molecule has 0 saturated carbocycles. The standard InChI is InChI=1S/C14H18FN5/c1-10-2-3-11(6-12(10)15)13(7-16)19-4-5-20-9-17-18-14(20)8-19/h2-3,6,9,13H,4-5,7-8,16H2,1H3. The summed E-state index contributed by atoms with van der Waals surface area (Å²) >= 11 is 0. The number of aryl methyl sites for hydroxylation is 1. The lowest BCUT2D eigenvalue weighted by Crippen LogP contribution is -2.39. The highest BCUT2D eigenvalue weighted by molar-refractivity contribution is 5.26. The lowest BCUT2D eigenvalue weighted by atomic mass is 10.0. The van der Waals surface area contributed by atoms with Crippen LogP contribution in [-0.2, 0) is 13.1 Å². The number of rotatable bonds is 3. The Morgan fingerprint density at radius 3 is 3.00 bits per heavy atom. The van der Waals surface area contributed by atoms with Gasteiger partial charge in [-0.2, -0.15) is 0 Å². The predicted octanol–water partition coefficient (Wildman–Crippen LogP) is 1.24. The van der Waals surface area contributed by atoms with Crippen molar-refractivity contribution in [3.8, 4) is 0 Å². The first-order chi connectivity index (χ1) is 9.69. The topological polar surface area (TPSA) is 60.0 Å². The van der Waals surface area contributed by atoms with Gasteiger partial charge in [0.25, 0.3) is 0 Å². The van der Waals surface area contributed by atoms with Crippen LogP contribution in [0.15, 0.2) is 24.5 Å². The Morgan fingerprint density at radius 2 is 2.25 bits per heavy atom. The van der Waals surface area contributed by atoms with Crippen LogP contribution in [0.1, 0.15) is 23.0 Å². The van der Waals surface area contributed by atoms with E-state index in [0.717, 1.165) is 24.5 Å². The van der Waals surface area contributed by atoms with Crippen LogP contribution in [0.2, 0.25) is 0 Å². The zero-order valence-corrected chi connectivity index (χ0v) is 11.5. The molecule has 1 aromatic carbocycles. The molecule has 3 rings (SSSR count). The van der Waals surface area contributed by atoms with Gasteiger partial charge >= 0.3 is 0 Å². The zero-order valence-electron chi connectivity index (χ0n) is 11.5. The minimum atomic E-state index is -0.180. The largest absolute Gasteiger partial charge is 0.329 e. The molecule has 0 bridgehead atoms. The monoisotopic (exact) mass is 275 g/mol. The maximum absolute atomic E-state index is 13.7. The van der Waals surface area contributed by atoms with Crippen molar-refractivity contribution in [1.29, 1.82) is 0 Å². The lowest BCUT2D eigenvalue weighted by molar-refractivity contribution is 0.156. The quantitative estimate of drug-likeness (QED) is 0.915. The average Bonchev–Trinajstić information content (AvgIpc) is 2.91. The van der Waals surface area contributed by atoms with Gasteiger partial charge in [0.2, 0.25) is 0 Å². The van der Waals surface area contributed by atoms with Crippen LogP contribution in [0.5, 0.6) is 0 Å². The average molecular weight is 275 g/mol. The molecule has 1 aliphatic rings. The van der Waals surface area contributed by atoms with Gasteiger partial charge in [0.1, 0.15) is 18.0 Å². The van der Waals surface area contributed by atoms with Crippen LogP contribution in [0.25, 0.3) is 0 Å². The predicted molar refractivity (Wildman–Crippen MR) is 73.4 cm³/mol. The van der Waals surface area contributed by atoms with E-state index in [4.69, 9.17) is 5.73 Å². The van der Waals surface area contributed by atoms with E-state index in [9.17, 15) is 4.39 Å². The second kappa shape index (κ2) is 5.30. The van der Waals surface area contributed by atoms with Crippen LogP contribution < -0.4 is 5.73 Å². The summed E-state index contributed by atoms with van der Waals surface area (Å²) in [6, 6.07) is 5.36. The molecule has 1 aromatic heterocycles. The molecule has 0 fully saturated rings. The molecule has 2 aromatic rings. The summed E-state index contributed by atoms with van der Waals surface area (Å²) in [5.41, 5.74) is 7.49. The number of hydrogen-bond acceptors (Lipinski definition) is 4. The van der Waals surface area contributed by atoms with Crippen LogP contribution in [0.3, 0.4) is 0 Å². The highest BCUT2D eigenvalue weighted by Crippen LogP contribution is 2.25. The Bertz CT molecular complexity index is 609. The Morgan fingerprint density at radius 1 is 1.40 bits per heavy atom. The fourth-order valence-electron chi connectivity index (χ4n) is 2.66. The number of nitrogens with zero attached hydrogens (tertiary/aromatic N) is 4. The summed E-state index contributed by atoms with van der Waals surface area (Å²) in [5, 5.41) is 8.02. The second-order valence-electron chi connectivity index (χ2n) is 5.17. The van der Waals surface area contributed by atoms with E-state index in [1.165, 1.54) is 0 Å². The Kier molecular flexibility index (Phi) is 3.50. The van der Waals surface area contributed by atoms with Gasteiger partial charge in [-0.05, 0) is 24.1 Å². The summed E-state index contributed by atoms with van der Waals surface area (Å²) in [7, 11) is 0. The Hall–Kier alpha value is -1.79. The van der Waals surface area contributed by atoms with E-state index in [1.807, 2.05) is 10.6 Å². The first-order valence-corrected chi connectivity index (χ1v) is 6.76. The minimum Gasteiger partial charge on any atom is -0.329 e. The van der Waals surface area contributed by atoms with Gasteiger partial charge in [0.15, 0.2) is 0 Å². The first-order valence-electron chi connectivity index (χ1n) is 6.76. The van der Waals surface area contributed by atoms with Gasteiger partial charge in [-0.25, -0.2) is 4.39 Å². The third kappa shape index (κ3) is 2.32. The van der Waals surface area contributed by atoms with E-state index in [2.05, 4.69) is 15.1 Å². The highest BCUT2D eigenvalue weighted by Gasteiger charge is 2.25. The van der Waals surface area contributed by atoms with Gasteiger partial charge in [-0.1, -0.05) is 12.1 Å². The minimum absolute atomic E-state index is 0.00977. The molecule has 0 saturated heterocycles. The number of hydrogen-bond donors (Lipinski definition) is 1. The van der Waals surface area contributed by atoms with Crippen LogP contribution >= 0.6 is 0 Å². The third-order valence-corrected chi connectivity index (χ3v) is 3.91. The van der Waals surface area contributed by atoms with Crippen molar-refractivity contribution < 1.29 is 4.39 Å². The molecular formula is C14H18FN5. The van der Waals surface area contributed by atoms with Gasteiger partial charge < -0.3 is 10.3 Å². The zero-order chi connectivity index (χ0) is 14.1. The van der Waals surface area contributed by atoms with E-state index in [1.54, 1.807) is 25.4 Å². The van der Waals surface area contributed by atoms with Gasteiger partial charge in [-0.3, -0.25) is 4.90 Å². The van der Waals surface area contributed by atoms with E-state index >= 15 is 0 Å². The van der Waals surface area contributed by atoms with E-state index < -0.39 is 0 Å². The summed E-state index contributed by atoms with van der Waals surface area (Å²) in [6.45, 7) is 4.61. The fraction of sp³-hybridized carbons (Fsp3) is 0.429. The van der Waals surface area contributed by atoms with Crippen molar-refractivity contribution in [3.05, 3.63) is 47.3 Å². The summed E-state index contributed by atoms with van der Waals surface area (Å²) in [5.74, 6) is 0.753. The number of nitrogens with two attached hydrogens (primary N) is 1. The van der Waals surface area contributed by atoms with E-state index in [0.29, 0.717) is 18.7 Å². The summed E-state index contributed by atoms with van der Waals surface area (Å²) < 4.78 is 15.8. The molecule has 0 aliphatic carbocycles. The number of benzene rings is 1. The normalized spacial score (nSPS) is 16.9. The van der Waals surface area contributed by atoms with Gasteiger partial charge in [0, 0.05) is 25.7 Å². The molecule has 5 nitrogen and oxygen atoms in total. The van der Waals surface area contributed by atoms with Crippen LogP contribution in [0, 0.1) is 12.7 Å². The van der Waals surface area contributed by atoms with Crippen molar-refractivity contribution >= 4 is 0 Å². The molecule has 2 heterocycles. The molecular weight excluding hydrogens is 257 g/mol. The molecule has 1 aliphatic heterocycles. The van der Waals surface area contributed by atoms with Crippen molar-refractivity contribution in [2.24, 2.45) is 5.73 Å². The molecule has 1 unspecified atom stereocenters. The number of aromatic nitrogens is 3. The van der Waals surface area contributed by atoms with Gasteiger partial charge in [0.05, 0.1) is 6.54 Å². The second-order valence-corrected chi connectivity index (χ2v) is 5.17. The molecule has 1 atom stereocenters. The molecule has 106 valence electrons.